The van der Waals surface area contributed by atoms with Crippen LogP contribution in [0.3, 0.4) is 0 Å². The Hall–Kier alpha value is -3.04. The van der Waals surface area contributed by atoms with Gasteiger partial charge in [0.25, 0.3) is 0 Å². The molecular weight excluding hydrogens is 445 g/mol. The van der Waals surface area contributed by atoms with E-state index in [1.54, 1.807) is 32.4 Å². The highest BCUT2D eigenvalue weighted by molar-refractivity contribution is 8.00. The molecule has 0 radical (unpaired) electrons. The molecule has 2 heterocycles. The third kappa shape index (κ3) is 5.66. The average molecular weight is 472 g/mol. The van der Waals surface area contributed by atoms with Crippen LogP contribution in [0, 0.1) is 5.82 Å². The number of rotatable bonds is 9. The van der Waals surface area contributed by atoms with Crippen LogP contribution >= 0.6 is 11.8 Å². The van der Waals surface area contributed by atoms with Crippen LogP contribution in [-0.2, 0) is 9.53 Å². The molecule has 2 aromatic carbocycles. The van der Waals surface area contributed by atoms with Gasteiger partial charge in [0, 0.05) is 24.3 Å². The lowest BCUT2D eigenvalue weighted by molar-refractivity contribution is -0.119. The van der Waals surface area contributed by atoms with Gasteiger partial charge in [0.05, 0.1) is 31.8 Å². The van der Waals surface area contributed by atoms with E-state index in [2.05, 4.69) is 10.3 Å². The Morgan fingerprint density at radius 1 is 1.18 bits per heavy atom. The zero-order chi connectivity index (χ0) is 23.2. The highest BCUT2D eigenvalue weighted by Gasteiger charge is 2.19. The summed E-state index contributed by atoms with van der Waals surface area (Å²) in [6.07, 6.45) is 2.09. The van der Waals surface area contributed by atoms with Crippen molar-refractivity contribution < 1.29 is 23.4 Å². The van der Waals surface area contributed by atoms with Gasteiger partial charge in [0.1, 0.15) is 16.7 Å². The number of hydrogen-bond acceptors (Lipinski definition) is 6. The summed E-state index contributed by atoms with van der Waals surface area (Å²) in [5, 5.41) is 3.58. The lowest BCUT2D eigenvalue weighted by Crippen LogP contribution is -2.32. The maximum atomic E-state index is 13.5. The van der Waals surface area contributed by atoms with Crippen LogP contribution in [0.5, 0.6) is 11.5 Å². The quantitative estimate of drug-likeness (QED) is 0.453. The normalized spacial score (nSPS) is 15.4. The van der Waals surface area contributed by atoms with Crippen molar-refractivity contribution in [1.29, 1.82) is 0 Å². The lowest BCUT2D eigenvalue weighted by Gasteiger charge is -2.10. The number of halogens is 1. The molecule has 0 bridgehead atoms. The first kappa shape index (κ1) is 23.1. The highest BCUT2D eigenvalue weighted by Crippen LogP contribution is 2.35. The van der Waals surface area contributed by atoms with Crippen molar-refractivity contribution in [1.82, 2.24) is 15.3 Å². The Morgan fingerprint density at radius 2 is 1.94 bits per heavy atom. The van der Waals surface area contributed by atoms with E-state index in [0.717, 1.165) is 36.3 Å². The Balaban J connectivity index is 1.56. The number of nitrogens with zero attached hydrogens (tertiary/aromatic N) is 1. The van der Waals surface area contributed by atoms with Crippen LogP contribution in [0.4, 0.5) is 4.39 Å². The molecule has 1 fully saturated rings. The number of carbonyl (C=O) groups excluding carboxylic acids is 1. The Labute approximate surface area is 196 Å². The molecule has 0 spiro atoms. The van der Waals surface area contributed by atoms with E-state index in [9.17, 15) is 9.18 Å². The molecule has 174 valence electrons. The molecule has 4 rings (SSSR count). The number of amides is 1. The van der Waals surface area contributed by atoms with Crippen molar-refractivity contribution in [2.24, 2.45) is 0 Å². The van der Waals surface area contributed by atoms with Crippen LogP contribution in [0.25, 0.3) is 22.6 Å². The number of aromatic amines is 1. The van der Waals surface area contributed by atoms with Crippen molar-refractivity contribution in [3.05, 3.63) is 48.3 Å². The summed E-state index contributed by atoms with van der Waals surface area (Å²) in [4.78, 5) is 20.4. The number of methoxy groups -OCH3 is 2. The van der Waals surface area contributed by atoms with E-state index in [0.29, 0.717) is 28.9 Å². The van der Waals surface area contributed by atoms with Gasteiger partial charge in [0.2, 0.25) is 5.91 Å². The lowest BCUT2D eigenvalue weighted by atomic mass is 10.1. The number of H-pyrrole nitrogens is 1. The number of imidazole rings is 1. The van der Waals surface area contributed by atoms with Crippen molar-refractivity contribution in [2.75, 3.05) is 33.1 Å². The van der Waals surface area contributed by atoms with Gasteiger partial charge in [0.15, 0.2) is 11.5 Å². The van der Waals surface area contributed by atoms with Gasteiger partial charge < -0.3 is 24.5 Å². The van der Waals surface area contributed by atoms with Gasteiger partial charge in [-0.05, 0) is 55.3 Å². The Morgan fingerprint density at radius 3 is 2.64 bits per heavy atom. The second-order valence-electron chi connectivity index (χ2n) is 7.57. The van der Waals surface area contributed by atoms with Crippen LogP contribution in [0.15, 0.2) is 47.5 Å². The summed E-state index contributed by atoms with van der Waals surface area (Å²) in [6.45, 7) is 1.27. The molecule has 1 unspecified atom stereocenters. The van der Waals surface area contributed by atoms with E-state index in [1.165, 1.54) is 23.9 Å². The summed E-state index contributed by atoms with van der Waals surface area (Å²) in [7, 11) is 3.15. The van der Waals surface area contributed by atoms with Crippen LogP contribution in [-0.4, -0.2) is 55.1 Å². The van der Waals surface area contributed by atoms with E-state index in [-0.39, 0.29) is 23.6 Å². The number of benzene rings is 2. The molecule has 3 aromatic rings. The number of aromatic nitrogens is 2. The fraction of sp³-hybridized carbons (Fsp3) is 0.333. The SMILES string of the molecule is COc1ccc(-c2nc(SCC(=O)NCC3CCCO3)c(-c3ccc(F)cc3)[nH]2)cc1OC. The maximum absolute atomic E-state index is 13.5. The second-order valence-corrected chi connectivity index (χ2v) is 8.53. The summed E-state index contributed by atoms with van der Waals surface area (Å²) in [5.41, 5.74) is 2.29. The van der Waals surface area contributed by atoms with Crippen LogP contribution in [0.2, 0.25) is 0 Å². The topological polar surface area (TPSA) is 85.5 Å². The van der Waals surface area contributed by atoms with E-state index >= 15 is 0 Å². The summed E-state index contributed by atoms with van der Waals surface area (Å²) >= 11 is 1.32. The molecule has 1 atom stereocenters. The molecular formula is C24H26FN3O4S. The van der Waals surface area contributed by atoms with E-state index < -0.39 is 0 Å². The fourth-order valence-electron chi connectivity index (χ4n) is 3.61. The van der Waals surface area contributed by atoms with Crippen LogP contribution < -0.4 is 14.8 Å². The number of ether oxygens (including phenoxy) is 3. The number of nitrogens with one attached hydrogen (secondary N) is 2. The standard InChI is InChI=1S/C24H26FN3O4S/c1-30-19-10-7-16(12-20(19)31-2)23-27-22(15-5-8-17(25)9-6-15)24(28-23)33-14-21(29)26-13-18-4-3-11-32-18/h5-10,12,18H,3-4,11,13-14H2,1-2H3,(H,26,29)(H,27,28). The number of hydrogen-bond donors (Lipinski definition) is 2. The highest BCUT2D eigenvalue weighted by atomic mass is 32.2. The first-order chi connectivity index (χ1) is 16.1. The van der Waals surface area contributed by atoms with Gasteiger partial charge in [-0.1, -0.05) is 11.8 Å². The summed E-state index contributed by atoms with van der Waals surface area (Å²) < 4.78 is 29.7. The zero-order valence-corrected chi connectivity index (χ0v) is 19.3. The number of thioether (sulfide) groups is 1. The van der Waals surface area contributed by atoms with Gasteiger partial charge in [-0.3, -0.25) is 4.79 Å². The minimum Gasteiger partial charge on any atom is -0.493 e. The van der Waals surface area contributed by atoms with E-state index in [4.69, 9.17) is 19.2 Å². The maximum Gasteiger partial charge on any atom is 0.230 e. The summed E-state index contributed by atoms with van der Waals surface area (Å²) in [5.74, 6) is 1.60. The minimum atomic E-state index is -0.318. The molecule has 1 saturated heterocycles. The number of carbonyl (C=O) groups is 1. The van der Waals surface area contributed by atoms with Gasteiger partial charge in [-0.2, -0.15) is 0 Å². The van der Waals surface area contributed by atoms with Crippen molar-refractivity contribution in [3.63, 3.8) is 0 Å². The Kier molecular flexibility index (Phi) is 7.51. The molecule has 0 aliphatic carbocycles. The first-order valence-electron chi connectivity index (χ1n) is 10.7. The van der Waals surface area contributed by atoms with Crippen LogP contribution in [0.1, 0.15) is 12.8 Å². The molecule has 7 nitrogen and oxygen atoms in total. The van der Waals surface area contributed by atoms with Gasteiger partial charge >= 0.3 is 0 Å². The minimum absolute atomic E-state index is 0.0868. The predicted molar refractivity (Wildman–Crippen MR) is 125 cm³/mol. The third-order valence-electron chi connectivity index (χ3n) is 5.35. The third-order valence-corrected chi connectivity index (χ3v) is 6.33. The second kappa shape index (κ2) is 10.7. The zero-order valence-electron chi connectivity index (χ0n) is 18.5. The molecule has 1 amide bonds. The first-order valence-corrected chi connectivity index (χ1v) is 11.7. The van der Waals surface area contributed by atoms with E-state index in [1.807, 2.05) is 12.1 Å². The molecule has 9 heteroatoms. The van der Waals surface area contributed by atoms with Gasteiger partial charge in [-0.15, -0.1) is 0 Å². The molecule has 1 aliphatic heterocycles. The molecule has 2 N–H and O–H groups in total. The van der Waals surface area contributed by atoms with Gasteiger partial charge in [-0.25, -0.2) is 9.37 Å². The Bertz CT molecular complexity index is 1100. The van der Waals surface area contributed by atoms with Crippen molar-refractivity contribution >= 4 is 17.7 Å². The molecule has 1 aliphatic rings. The van der Waals surface area contributed by atoms with Crippen molar-refractivity contribution in [3.8, 4) is 34.1 Å². The molecule has 0 saturated carbocycles. The summed E-state index contributed by atoms with van der Waals surface area (Å²) in [6, 6.07) is 11.7. The molecule has 1 aromatic heterocycles. The fourth-order valence-corrected chi connectivity index (χ4v) is 4.45. The average Bonchev–Trinajstić information content (AvgIpc) is 3.51. The van der Waals surface area contributed by atoms with Crippen molar-refractivity contribution in [2.45, 2.75) is 24.0 Å². The smallest absolute Gasteiger partial charge is 0.230 e. The molecule has 33 heavy (non-hydrogen) atoms. The predicted octanol–water partition coefficient (Wildman–Crippen LogP) is 4.29. The largest absolute Gasteiger partial charge is 0.493 e. The monoisotopic (exact) mass is 471 g/mol.